The molecule has 1 rings (SSSR count). The summed E-state index contributed by atoms with van der Waals surface area (Å²) in [5, 5.41) is 3.50. The van der Waals surface area contributed by atoms with Gasteiger partial charge in [0.05, 0.1) is 12.6 Å². The predicted octanol–water partition coefficient (Wildman–Crippen LogP) is 4.11. The highest BCUT2D eigenvalue weighted by Crippen LogP contribution is 2.15. The third-order valence-corrected chi connectivity index (χ3v) is 3.30. The number of rotatable bonds is 10. The topological polar surface area (TPSA) is 21.3 Å². The van der Waals surface area contributed by atoms with Crippen LogP contribution in [0.2, 0.25) is 0 Å². The molecule has 1 N–H and O–H groups in total. The molecule has 1 aromatic rings. The highest BCUT2D eigenvalue weighted by Gasteiger charge is 2.10. The SMILES string of the molecule is CCCCOCC(NCC)c1ccc(CCC)cc1. The fourth-order valence-electron chi connectivity index (χ4n) is 2.17. The van der Waals surface area contributed by atoms with Gasteiger partial charge in [-0.2, -0.15) is 0 Å². The molecule has 0 fully saturated rings. The van der Waals surface area contributed by atoms with Gasteiger partial charge in [-0.15, -0.1) is 0 Å². The second-order valence-corrected chi connectivity index (χ2v) is 5.03. The van der Waals surface area contributed by atoms with Gasteiger partial charge in [0.1, 0.15) is 0 Å². The molecule has 0 aliphatic rings. The van der Waals surface area contributed by atoms with Crippen LogP contribution in [0.15, 0.2) is 24.3 Å². The van der Waals surface area contributed by atoms with E-state index in [-0.39, 0.29) is 0 Å². The van der Waals surface area contributed by atoms with E-state index in [1.54, 1.807) is 0 Å². The van der Waals surface area contributed by atoms with Crippen LogP contribution < -0.4 is 5.32 Å². The van der Waals surface area contributed by atoms with Crippen LogP contribution in [0.1, 0.15) is 57.2 Å². The molecule has 0 spiro atoms. The summed E-state index contributed by atoms with van der Waals surface area (Å²) in [7, 11) is 0. The van der Waals surface area contributed by atoms with Gasteiger partial charge in [-0.05, 0) is 30.5 Å². The standard InChI is InChI=1S/C17H29NO/c1-4-7-13-19-14-17(18-6-3)16-11-9-15(8-5-2)10-12-16/h9-12,17-18H,4-8,13-14H2,1-3H3. The van der Waals surface area contributed by atoms with E-state index >= 15 is 0 Å². The molecular weight excluding hydrogens is 234 g/mol. The third-order valence-electron chi connectivity index (χ3n) is 3.30. The summed E-state index contributed by atoms with van der Waals surface area (Å²) < 4.78 is 5.76. The van der Waals surface area contributed by atoms with Crippen molar-refractivity contribution in [2.75, 3.05) is 19.8 Å². The van der Waals surface area contributed by atoms with Crippen molar-refractivity contribution in [3.63, 3.8) is 0 Å². The lowest BCUT2D eigenvalue weighted by Crippen LogP contribution is -2.25. The zero-order chi connectivity index (χ0) is 13.9. The maximum absolute atomic E-state index is 5.76. The number of ether oxygens (including phenoxy) is 1. The first-order chi connectivity index (χ1) is 9.31. The molecule has 0 saturated carbocycles. The molecule has 0 bridgehead atoms. The summed E-state index contributed by atoms with van der Waals surface area (Å²) >= 11 is 0. The predicted molar refractivity (Wildman–Crippen MR) is 82.6 cm³/mol. The van der Waals surface area contributed by atoms with Crippen LogP contribution in [0.3, 0.4) is 0 Å². The minimum absolute atomic E-state index is 0.317. The van der Waals surface area contributed by atoms with Crippen LogP contribution >= 0.6 is 0 Å². The summed E-state index contributed by atoms with van der Waals surface area (Å²) in [4.78, 5) is 0. The van der Waals surface area contributed by atoms with Crippen molar-refractivity contribution in [2.45, 2.75) is 52.5 Å². The second-order valence-electron chi connectivity index (χ2n) is 5.03. The Bertz CT molecular complexity index is 321. The molecule has 0 radical (unpaired) electrons. The van der Waals surface area contributed by atoms with Crippen molar-refractivity contribution in [3.8, 4) is 0 Å². The Labute approximate surface area is 118 Å². The summed E-state index contributed by atoms with van der Waals surface area (Å²) in [6.07, 6.45) is 4.71. The Morgan fingerprint density at radius 2 is 1.79 bits per heavy atom. The van der Waals surface area contributed by atoms with Gasteiger partial charge >= 0.3 is 0 Å². The van der Waals surface area contributed by atoms with Gasteiger partial charge in [-0.3, -0.25) is 0 Å². The fourth-order valence-corrected chi connectivity index (χ4v) is 2.17. The van der Waals surface area contributed by atoms with Crippen molar-refractivity contribution in [1.29, 1.82) is 0 Å². The van der Waals surface area contributed by atoms with E-state index in [4.69, 9.17) is 4.74 Å². The van der Waals surface area contributed by atoms with Crippen LogP contribution in [0.5, 0.6) is 0 Å². The van der Waals surface area contributed by atoms with Gasteiger partial charge in [0.25, 0.3) is 0 Å². The van der Waals surface area contributed by atoms with Crippen LogP contribution in [-0.4, -0.2) is 19.8 Å². The van der Waals surface area contributed by atoms with Crippen LogP contribution in [0, 0.1) is 0 Å². The lowest BCUT2D eigenvalue weighted by Gasteiger charge is -2.19. The van der Waals surface area contributed by atoms with E-state index in [2.05, 4.69) is 50.4 Å². The first-order valence-electron chi connectivity index (χ1n) is 7.71. The summed E-state index contributed by atoms with van der Waals surface area (Å²) in [6.45, 7) is 9.16. The monoisotopic (exact) mass is 263 g/mol. The minimum Gasteiger partial charge on any atom is -0.379 e. The fraction of sp³-hybridized carbons (Fsp3) is 0.647. The first-order valence-corrected chi connectivity index (χ1v) is 7.71. The molecule has 2 heteroatoms. The number of unbranched alkanes of at least 4 members (excludes halogenated alkanes) is 1. The average molecular weight is 263 g/mol. The van der Waals surface area contributed by atoms with E-state index in [1.807, 2.05) is 0 Å². The normalized spacial score (nSPS) is 12.6. The molecule has 0 heterocycles. The Kier molecular flexibility index (Phi) is 8.52. The van der Waals surface area contributed by atoms with E-state index in [0.717, 1.165) is 26.2 Å². The zero-order valence-corrected chi connectivity index (χ0v) is 12.7. The average Bonchev–Trinajstić information content (AvgIpc) is 2.44. The highest BCUT2D eigenvalue weighted by molar-refractivity contribution is 5.25. The molecule has 2 nitrogen and oxygen atoms in total. The Morgan fingerprint density at radius 1 is 1.05 bits per heavy atom. The zero-order valence-electron chi connectivity index (χ0n) is 12.7. The Morgan fingerprint density at radius 3 is 2.37 bits per heavy atom. The van der Waals surface area contributed by atoms with Crippen LogP contribution in [-0.2, 0) is 11.2 Å². The van der Waals surface area contributed by atoms with Gasteiger partial charge in [-0.25, -0.2) is 0 Å². The number of aryl methyl sites for hydroxylation is 1. The largest absolute Gasteiger partial charge is 0.379 e. The molecule has 0 amide bonds. The maximum Gasteiger partial charge on any atom is 0.0661 e. The highest BCUT2D eigenvalue weighted by atomic mass is 16.5. The van der Waals surface area contributed by atoms with E-state index < -0.39 is 0 Å². The third kappa shape index (κ3) is 6.22. The van der Waals surface area contributed by atoms with Crippen molar-refractivity contribution in [1.82, 2.24) is 5.32 Å². The molecule has 1 unspecified atom stereocenters. The van der Waals surface area contributed by atoms with Crippen molar-refractivity contribution >= 4 is 0 Å². The van der Waals surface area contributed by atoms with Crippen LogP contribution in [0.4, 0.5) is 0 Å². The summed E-state index contributed by atoms with van der Waals surface area (Å²) in [5.41, 5.74) is 2.76. The molecule has 0 aromatic heterocycles. The summed E-state index contributed by atoms with van der Waals surface area (Å²) in [6, 6.07) is 9.28. The number of hydrogen-bond acceptors (Lipinski definition) is 2. The van der Waals surface area contributed by atoms with Gasteiger partial charge < -0.3 is 10.1 Å². The van der Waals surface area contributed by atoms with Gasteiger partial charge in [-0.1, -0.05) is 57.9 Å². The molecular formula is C17H29NO. The number of benzene rings is 1. The van der Waals surface area contributed by atoms with E-state index in [0.29, 0.717) is 6.04 Å². The smallest absolute Gasteiger partial charge is 0.0661 e. The van der Waals surface area contributed by atoms with Crippen molar-refractivity contribution in [3.05, 3.63) is 35.4 Å². The number of likely N-dealkylation sites (N-methyl/N-ethyl adjacent to an activating group) is 1. The molecule has 1 aromatic carbocycles. The van der Waals surface area contributed by atoms with Gasteiger partial charge in [0.15, 0.2) is 0 Å². The number of nitrogens with one attached hydrogen (secondary N) is 1. The lowest BCUT2D eigenvalue weighted by molar-refractivity contribution is 0.109. The first kappa shape index (κ1) is 16.2. The molecule has 108 valence electrons. The van der Waals surface area contributed by atoms with Crippen molar-refractivity contribution < 1.29 is 4.74 Å². The molecule has 0 aliphatic heterocycles. The lowest BCUT2D eigenvalue weighted by atomic mass is 10.0. The second kappa shape index (κ2) is 9.99. The molecule has 0 saturated heterocycles. The van der Waals surface area contributed by atoms with Gasteiger partial charge in [0.2, 0.25) is 0 Å². The molecule has 1 atom stereocenters. The number of hydrogen-bond donors (Lipinski definition) is 1. The minimum atomic E-state index is 0.317. The Hall–Kier alpha value is -0.860. The molecule has 19 heavy (non-hydrogen) atoms. The molecule has 0 aliphatic carbocycles. The van der Waals surface area contributed by atoms with Gasteiger partial charge in [0, 0.05) is 6.61 Å². The van der Waals surface area contributed by atoms with E-state index in [9.17, 15) is 0 Å². The quantitative estimate of drug-likeness (QED) is 0.642. The Balaban J connectivity index is 2.53. The maximum atomic E-state index is 5.76. The van der Waals surface area contributed by atoms with Crippen LogP contribution in [0.25, 0.3) is 0 Å². The summed E-state index contributed by atoms with van der Waals surface area (Å²) in [5.74, 6) is 0. The van der Waals surface area contributed by atoms with E-state index in [1.165, 1.54) is 30.4 Å². The van der Waals surface area contributed by atoms with Crippen molar-refractivity contribution in [2.24, 2.45) is 0 Å².